The minimum Gasteiger partial charge on any atom is -0.357 e. The number of nitriles is 1. The zero-order valence-electron chi connectivity index (χ0n) is 14.4. The van der Waals surface area contributed by atoms with Crippen LogP contribution in [0.3, 0.4) is 0 Å². The second-order valence-electron chi connectivity index (χ2n) is 6.28. The summed E-state index contributed by atoms with van der Waals surface area (Å²) >= 11 is 0. The third kappa shape index (κ3) is 2.74. The van der Waals surface area contributed by atoms with Gasteiger partial charge in [0.2, 0.25) is 0 Å². The number of nitrogens with zero attached hydrogens (tertiary/aromatic N) is 5. The largest absolute Gasteiger partial charge is 0.357 e. The molecule has 1 amide bonds. The van der Waals surface area contributed by atoms with Crippen LogP contribution < -0.4 is 9.80 Å². The molecule has 0 unspecified atom stereocenters. The van der Waals surface area contributed by atoms with E-state index in [4.69, 9.17) is 15.2 Å². The van der Waals surface area contributed by atoms with Crippen molar-refractivity contribution in [3.8, 4) is 6.07 Å². The molecule has 1 aliphatic heterocycles. The van der Waals surface area contributed by atoms with Crippen LogP contribution in [0.4, 0.5) is 11.6 Å². The Bertz CT molecular complexity index is 1040. The summed E-state index contributed by atoms with van der Waals surface area (Å²) in [5.74, 6) is 1.10. The molecule has 1 aliphatic rings. The van der Waals surface area contributed by atoms with Crippen LogP contribution in [-0.2, 0) is 0 Å². The van der Waals surface area contributed by atoms with Crippen molar-refractivity contribution in [2.45, 2.75) is 6.42 Å². The van der Waals surface area contributed by atoms with E-state index in [2.05, 4.69) is 6.07 Å². The molecular formula is C20H17N5O. The predicted octanol–water partition coefficient (Wildman–Crippen LogP) is 2.99. The van der Waals surface area contributed by atoms with E-state index in [9.17, 15) is 4.79 Å². The summed E-state index contributed by atoms with van der Waals surface area (Å²) < 4.78 is 0. The molecule has 1 aromatic heterocycles. The molecule has 0 radical (unpaired) electrons. The van der Waals surface area contributed by atoms with Gasteiger partial charge in [0.05, 0.1) is 22.7 Å². The molecule has 4 rings (SSSR count). The molecule has 26 heavy (non-hydrogen) atoms. The van der Waals surface area contributed by atoms with Crippen LogP contribution >= 0.6 is 0 Å². The molecule has 128 valence electrons. The van der Waals surface area contributed by atoms with Crippen LogP contribution in [0.5, 0.6) is 0 Å². The third-order valence-corrected chi connectivity index (χ3v) is 4.51. The molecular weight excluding hydrogens is 326 g/mol. The van der Waals surface area contributed by atoms with Gasteiger partial charge in [0, 0.05) is 25.7 Å². The van der Waals surface area contributed by atoms with Crippen LogP contribution in [0.25, 0.3) is 11.0 Å². The highest BCUT2D eigenvalue weighted by molar-refractivity contribution is 6.07. The second-order valence-corrected chi connectivity index (χ2v) is 6.28. The molecule has 0 atom stereocenters. The molecule has 0 N–H and O–H groups in total. The first kappa shape index (κ1) is 16.0. The van der Waals surface area contributed by atoms with Crippen LogP contribution in [0, 0.1) is 11.3 Å². The first-order valence-corrected chi connectivity index (χ1v) is 8.47. The fourth-order valence-corrected chi connectivity index (χ4v) is 3.17. The molecule has 6 nitrogen and oxygen atoms in total. The standard InChI is InChI=1S/C20H17N5O/c1-24-10-5-11-25(20(26)15-7-4-6-14(12-15)13-21)19-18(24)22-16-8-2-3-9-17(16)23-19/h2-4,6-9,12H,5,10-11H2,1H3. The minimum atomic E-state index is -0.164. The molecule has 3 aromatic rings. The first-order valence-electron chi connectivity index (χ1n) is 8.47. The number of hydrogen-bond acceptors (Lipinski definition) is 5. The van der Waals surface area contributed by atoms with Gasteiger partial charge in [-0.1, -0.05) is 18.2 Å². The van der Waals surface area contributed by atoms with Gasteiger partial charge in [-0.25, -0.2) is 9.97 Å². The van der Waals surface area contributed by atoms with Gasteiger partial charge in [0.1, 0.15) is 0 Å². The normalized spacial score (nSPS) is 13.8. The van der Waals surface area contributed by atoms with Crippen molar-refractivity contribution < 1.29 is 4.79 Å². The van der Waals surface area contributed by atoms with Crippen LogP contribution in [0.1, 0.15) is 22.3 Å². The molecule has 2 aromatic carbocycles. The summed E-state index contributed by atoms with van der Waals surface area (Å²) in [5.41, 5.74) is 2.51. The molecule has 0 saturated carbocycles. The molecule has 0 aliphatic carbocycles. The van der Waals surface area contributed by atoms with Crippen LogP contribution in [-0.4, -0.2) is 36.0 Å². The van der Waals surface area contributed by atoms with Crippen molar-refractivity contribution in [3.63, 3.8) is 0 Å². The van der Waals surface area contributed by atoms with E-state index in [0.717, 1.165) is 24.0 Å². The van der Waals surface area contributed by atoms with Gasteiger partial charge in [-0.05, 0) is 36.8 Å². The minimum absolute atomic E-state index is 0.164. The van der Waals surface area contributed by atoms with Crippen molar-refractivity contribution in [2.75, 3.05) is 29.9 Å². The highest BCUT2D eigenvalue weighted by Crippen LogP contribution is 2.31. The Morgan fingerprint density at radius 3 is 2.50 bits per heavy atom. The maximum atomic E-state index is 13.2. The van der Waals surface area contributed by atoms with Gasteiger partial charge in [-0.2, -0.15) is 5.26 Å². The Hall–Kier alpha value is -3.46. The first-order chi connectivity index (χ1) is 12.7. The SMILES string of the molecule is CN1CCCN(C(=O)c2cccc(C#N)c2)c2nc3ccccc3nc21. The number of carbonyl (C=O) groups is 1. The fraction of sp³-hybridized carbons (Fsp3) is 0.200. The van der Waals surface area contributed by atoms with E-state index >= 15 is 0 Å². The highest BCUT2D eigenvalue weighted by atomic mass is 16.2. The fourth-order valence-electron chi connectivity index (χ4n) is 3.17. The summed E-state index contributed by atoms with van der Waals surface area (Å²) in [5, 5.41) is 9.11. The Labute approximate surface area is 151 Å². The van der Waals surface area contributed by atoms with Gasteiger partial charge in [-0.3, -0.25) is 9.69 Å². The summed E-state index contributed by atoms with van der Waals surface area (Å²) in [6.45, 7) is 1.35. The molecule has 0 spiro atoms. The van der Waals surface area contributed by atoms with Gasteiger partial charge < -0.3 is 4.90 Å². The summed E-state index contributed by atoms with van der Waals surface area (Å²) in [4.78, 5) is 26.3. The van der Waals surface area contributed by atoms with Gasteiger partial charge in [0.15, 0.2) is 11.6 Å². The number of amides is 1. The van der Waals surface area contributed by atoms with E-state index in [1.807, 2.05) is 36.2 Å². The zero-order chi connectivity index (χ0) is 18.1. The maximum Gasteiger partial charge on any atom is 0.259 e. The summed E-state index contributed by atoms with van der Waals surface area (Å²) in [6.07, 6.45) is 0.814. The zero-order valence-corrected chi connectivity index (χ0v) is 14.4. The monoisotopic (exact) mass is 343 g/mol. The quantitative estimate of drug-likeness (QED) is 0.679. The smallest absolute Gasteiger partial charge is 0.259 e. The molecule has 2 heterocycles. The lowest BCUT2D eigenvalue weighted by Gasteiger charge is -2.23. The summed E-state index contributed by atoms with van der Waals surface area (Å²) in [7, 11) is 1.96. The van der Waals surface area contributed by atoms with Crippen LogP contribution in [0.15, 0.2) is 48.5 Å². The molecule has 0 bridgehead atoms. The van der Waals surface area contributed by atoms with E-state index < -0.39 is 0 Å². The van der Waals surface area contributed by atoms with Gasteiger partial charge >= 0.3 is 0 Å². The van der Waals surface area contributed by atoms with Crippen LogP contribution in [0.2, 0.25) is 0 Å². The third-order valence-electron chi connectivity index (χ3n) is 4.51. The number of hydrogen-bond donors (Lipinski definition) is 0. The highest BCUT2D eigenvalue weighted by Gasteiger charge is 2.27. The maximum absolute atomic E-state index is 13.2. The number of para-hydroxylation sites is 2. The van der Waals surface area contributed by atoms with E-state index in [1.54, 1.807) is 29.2 Å². The average Bonchev–Trinajstić information content (AvgIpc) is 2.84. The average molecular weight is 343 g/mol. The van der Waals surface area contributed by atoms with Gasteiger partial charge in [0.25, 0.3) is 5.91 Å². The van der Waals surface area contributed by atoms with E-state index in [0.29, 0.717) is 29.3 Å². The van der Waals surface area contributed by atoms with Gasteiger partial charge in [-0.15, -0.1) is 0 Å². The molecule has 0 fully saturated rings. The number of fused-ring (bicyclic) bond motifs is 2. The Morgan fingerprint density at radius 2 is 1.77 bits per heavy atom. The van der Waals surface area contributed by atoms with Crippen molar-refractivity contribution >= 4 is 28.6 Å². The number of carbonyl (C=O) groups excluding carboxylic acids is 1. The van der Waals surface area contributed by atoms with E-state index in [-0.39, 0.29) is 5.91 Å². The van der Waals surface area contributed by atoms with Crippen molar-refractivity contribution in [1.82, 2.24) is 9.97 Å². The Balaban J connectivity index is 1.84. The van der Waals surface area contributed by atoms with Crippen molar-refractivity contribution in [3.05, 3.63) is 59.7 Å². The van der Waals surface area contributed by atoms with Crippen molar-refractivity contribution in [2.24, 2.45) is 0 Å². The number of rotatable bonds is 1. The lowest BCUT2D eigenvalue weighted by molar-refractivity contribution is 0.0986. The molecule has 0 saturated heterocycles. The number of aromatic nitrogens is 2. The number of benzene rings is 2. The lowest BCUT2D eigenvalue weighted by Crippen LogP contribution is -2.32. The Morgan fingerprint density at radius 1 is 1.04 bits per heavy atom. The second kappa shape index (κ2) is 6.45. The molecule has 6 heteroatoms. The Kier molecular flexibility index (Phi) is 3.98. The van der Waals surface area contributed by atoms with E-state index in [1.165, 1.54) is 0 Å². The topological polar surface area (TPSA) is 73.1 Å². The predicted molar refractivity (Wildman–Crippen MR) is 100 cm³/mol. The van der Waals surface area contributed by atoms with Crippen molar-refractivity contribution in [1.29, 1.82) is 5.26 Å². The lowest BCUT2D eigenvalue weighted by atomic mass is 10.1. The summed E-state index contributed by atoms with van der Waals surface area (Å²) in [6, 6.07) is 16.5. The number of anilines is 2.